The van der Waals surface area contributed by atoms with Crippen LogP contribution in [0.4, 0.5) is 5.69 Å². The van der Waals surface area contributed by atoms with Crippen molar-refractivity contribution in [3.8, 4) is 5.75 Å². The van der Waals surface area contributed by atoms with Crippen molar-refractivity contribution in [3.63, 3.8) is 0 Å². The molecule has 1 aliphatic rings. The third kappa shape index (κ3) is 3.63. The summed E-state index contributed by atoms with van der Waals surface area (Å²) in [6.07, 6.45) is 6.00. The fraction of sp³-hybridized carbons (Fsp3) is 0.625. The largest absolute Gasteiger partial charge is 0.492 e. The lowest BCUT2D eigenvalue weighted by Gasteiger charge is -2.36. The summed E-state index contributed by atoms with van der Waals surface area (Å²) in [5.74, 6) is 0.897. The lowest BCUT2D eigenvalue weighted by atomic mass is 9.74. The summed E-state index contributed by atoms with van der Waals surface area (Å²) in [6, 6.07) is 8.02. The van der Waals surface area contributed by atoms with Crippen molar-refractivity contribution in [2.45, 2.75) is 39.0 Å². The molecule has 2 rings (SSSR count). The zero-order valence-corrected chi connectivity index (χ0v) is 11.8. The second kappa shape index (κ2) is 6.80. The maximum atomic E-state index is 9.72. The van der Waals surface area contributed by atoms with Crippen molar-refractivity contribution >= 4 is 5.69 Å². The summed E-state index contributed by atoms with van der Waals surface area (Å²) >= 11 is 0. The van der Waals surface area contributed by atoms with Crippen molar-refractivity contribution < 1.29 is 9.84 Å². The van der Waals surface area contributed by atoms with Gasteiger partial charge in [0.1, 0.15) is 5.75 Å². The van der Waals surface area contributed by atoms with Gasteiger partial charge in [-0.1, -0.05) is 31.4 Å². The molecule has 0 spiro atoms. The van der Waals surface area contributed by atoms with E-state index >= 15 is 0 Å². The molecule has 1 aliphatic carbocycles. The Morgan fingerprint density at radius 2 is 1.95 bits per heavy atom. The van der Waals surface area contributed by atoms with E-state index < -0.39 is 0 Å². The van der Waals surface area contributed by atoms with E-state index in [-0.39, 0.29) is 12.0 Å². The number of ether oxygens (including phenoxy) is 1. The van der Waals surface area contributed by atoms with Crippen LogP contribution in [0.15, 0.2) is 24.3 Å². The van der Waals surface area contributed by atoms with Gasteiger partial charge in [0.15, 0.2) is 0 Å². The van der Waals surface area contributed by atoms with E-state index in [1.54, 1.807) is 0 Å². The van der Waals surface area contributed by atoms with Gasteiger partial charge in [0.25, 0.3) is 0 Å². The van der Waals surface area contributed by atoms with Crippen LogP contribution < -0.4 is 10.1 Å². The third-order valence-corrected chi connectivity index (χ3v) is 4.09. The Labute approximate surface area is 116 Å². The molecule has 0 saturated heterocycles. The minimum Gasteiger partial charge on any atom is -0.492 e. The van der Waals surface area contributed by atoms with Crippen molar-refractivity contribution in [2.75, 3.05) is 25.1 Å². The van der Waals surface area contributed by atoms with E-state index in [1.165, 1.54) is 19.3 Å². The van der Waals surface area contributed by atoms with Crippen LogP contribution in [0.1, 0.15) is 39.0 Å². The van der Waals surface area contributed by atoms with Crippen LogP contribution in [-0.2, 0) is 0 Å². The second-order valence-electron chi connectivity index (χ2n) is 5.50. The zero-order chi connectivity index (χ0) is 13.6. The summed E-state index contributed by atoms with van der Waals surface area (Å²) in [6.45, 7) is 3.77. The molecule has 0 atom stereocenters. The molecule has 0 aromatic heterocycles. The smallest absolute Gasteiger partial charge is 0.142 e. The molecule has 0 heterocycles. The van der Waals surface area contributed by atoms with Gasteiger partial charge in [-0.05, 0) is 31.9 Å². The summed E-state index contributed by atoms with van der Waals surface area (Å²) in [4.78, 5) is 0. The fourth-order valence-electron chi connectivity index (χ4n) is 2.87. The maximum Gasteiger partial charge on any atom is 0.142 e. The first-order valence-corrected chi connectivity index (χ1v) is 7.36. The van der Waals surface area contributed by atoms with E-state index in [2.05, 4.69) is 5.32 Å². The van der Waals surface area contributed by atoms with Gasteiger partial charge in [0, 0.05) is 12.0 Å². The molecule has 1 saturated carbocycles. The van der Waals surface area contributed by atoms with Crippen LogP contribution >= 0.6 is 0 Å². The predicted molar refractivity (Wildman–Crippen MR) is 78.7 cm³/mol. The number of anilines is 1. The number of nitrogens with one attached hydrogen (secondary N) is 1. The van der Waals surface area contributed by atoms with Crippen LogP contribution in [0, 0.1) is 5.41 Å². The van der Waals surface area contributed by atoms with Gasteiger partial charge in [-0.25, -0.2) is 0 Å². The molecule has 106 valence electrons. The zero-order valence-electron chi connectivity index (χ0n) is 11.8. The summed E-state index contributed by atoms with van der Waals surface area (Å²) in [7, 11) is 0. The number of aliphatic hydroxyl groups is 1. The van der Waals surface area contributed by atoms with Gasteiger partial charge in [-0.15, -0.1) is 0 Å². The van der Waals surface area contributed by atoms with Crippen molar-refractivity contribution in [3.05, 3.63) is 24.3 Å². The number of hydrogen-bond acceptors (Lipinski definition) is 3. The molecule has 3 heteroatoms. The normalized spacial score (nSPS) is 18.0. The minimum absolute atomic E-state index is 0.0532. The van der Waals surface area contributed by atoms with Gasteiger partial charge in [0.2, 0.25) is 0 Å². The van der Waals surface area contributed by atoms with Crippen molar-refractivity contribution in [1.82, 2.24) is 0 Å². The first kappa shape index (κ1) is 14.2. The average molecular weight is 263 g/mol. The number of benzene rings is 1. The van der Waals surface area contributed by atoms with E-state index in [1.807, 2.05) is 31.2 Å². The summed E-state index contributed by atoms with van der Waals surface area (Å²) in [5, 5.41) is 13.2. The van der Waals surface area contributed by atoms with Gasteiger partial charge in [-0.3, -0.25) is 0 Å². The Morgan fingerprint density at radius 1 is 1.21 bits per heavy atom. The highest BCUT2D eigenvalue weighted by Crippen LogP contribution is 2.36. The van der Waals surface area contributed by atoms with Crippen LogP contribution in [0.5, 0.6) is 5.75 Å². The number of aliphatic hydroxyl groups excluding tert-OH is 1. The van der Waals surface area contributed by atoms with Crippen LogP contribution in [0.3, 0.4) is 0 Å². The fourth-order valence-corrected chi connectivity index (χ4v) is 2.87. The molecule has 3 nitrogen and oxygen atoms in total. The number of hydrogen-bond donors (Lipinski definition) is 2. The molecule has 0 unspecified atom stereocenters. The van der Waals surface area contributed by atoms with Crippen LogP contribution in [-0.4, -0.2) is 24.9 Å². The maximum absolute atomic E-state index is 9.72. The molecule has 19 heavy (non-hydrogen) atoms. The SMILES string of the molecule is CCOc1ccccc1NCC1(CO)CCCCC1. The topological polar surface area (TPSA) is 41.5 Å². The Kier molecular flexibility index (Phi) is 5.08. The highest BCUT2D eigenvalue weighted by Gasteiger charge is 2.31. The Balaban J connectivity index is 2.00. The van der Waals surface area contributed by atoms with Gasteiger partial charge < -0.3 is 15.2 Å². The molecule has 0 bridgehead atoms. The minimum atomic E-state index is 0.0532. The monoisotopic (exact) mass is 263 g/mol. The van der Waals surface area contributed by atoms with E-state index in [0.717, 1.165) is 30.8 Å². The van der Waals surface area contributed by atoms with Crippen molar-refractivity contribution in [1.29, 1.82) is 0 Å². The standard InChI is InChI=1S/C16H25NO2/c1-2-19-15-9-5-4-8-14(15)17-12-16(13-18)10-6-3-7-11-16/h4-5,8-9,17-18H,2-3,6-7,10-13H2,1H3. The predicted octanol–water partition coefficient (Wildman–Crippen LogP) is 3.44. The Bertz CT molecular complexity index is 386. The molecule has 2 N–H and O–H groups in total. The molecule has 1 aromatic rings. The Hall–Kier alpha value is -1.22. The quantitative estimate of drug-likeness (QED) is 0.826. The first-order chi connectivity index (χ1) is 9.29. The summed E-state index contributed by atoms with van der Waals surface area (Å²) in [5.41, 5.74) is 1.08. The molecular formula is C16H25NO2. The average Bonchev–Trinajstić information content (AvgIpc) is 2.48. The van der Waals surface area contributed by atoms with E-state index in [4.69, 9.17) is 4.74 Å². The number of rotatable bonds is 6. The molecular weight excluding hydrogens is 238 g/mol. The van der Waals surface area contributed by atoms with Gasteiger partial charge >= 0.3 is 0 Å². The third-order valence-electron chi connectivity index (χ3n) is 4.09. The molecule has 0 radical (unpaired) electrons. The molecule has 0 amide bonds. The van der Waals surface area contributed by atoms with E-state index in [9.17, 15) is 5.11 Å². The van der Waals surface area contributed by atoms with Gasteiger partial charge in [0.05, 0.1) is 18.9 Å². The highest BCUT2D eigenvalue weighted by molar-refractivity contribution is 5.56. The molecule has 1 aromatic carbocycles. The molecule has 0 aliphatic heterocycles. The van der Waals surface area contributed by atoms with Crippen LogP contribution in [0.25, 0.3) is 0 Å². The Morgan fingerprint density at radius 3 is 2.63 bits per heavy atom. The molecule has 1 fully saturated rings. The lowest BCUT2D eigenvalue weighted by Crippen LogP contribution is -2.35. The van der Waals surface area contributed by atoms with E-state index in [0.29, 0.717) is 6.61 Å². The number of para-hydroxylation sites is 2. The lowest BCUT2D eigenvalue weighted by molar-refractivity contribution is 0.0943. The van der Waals surface area contributed by atoms with Gasteiger partial charge in [-0.2, -0.15) is 0 Å². The van der Waals surface area contributed by atoms with Crippen molar-refractivity contribution in [2.24, 2.45) is 5.41 Å². The second-order valence-corrected chi connectivity index (χ2v) is 5.50. The first-order valence-electron chi connectivity index (χ1n) is 7.36. The highest BCUT2D eigenvalue weighted by atomic mass is 16.5. The summed E-state index contributed by atoms with van der Waals surface area (Å²) < 4.78 is 5.62. The van der Waals surface area contributed by atoms with Crippen LogP contribution in [0.2, 0.25) is 0 Å².